The summed E-state index contributed by atoms with van der Waals surface area (Å²) in [5.74, 6) is 0. The van der Waals surface area contributed by atoms with Gasteiger partial charge in [-0.15, -0.1) is 0 Å². The Labute approximate surface area is 92.5 Å². The fourth-order valence-electron chi connectivity index (χ4n) is 1.12. The van der Waals surface area contributed by atoms with Crippen molar-refractivity contribution in [1.82, 2.24) is 4.98 Å². The van der Waals surface area contributed by atoms with Crippen LogP contribution in [-0.4, -0.2) is 24.2 Å². The van der Waals surface area contributed by atoms with Gasteiger partial charge in [0.15, 0.2) is 5.43 Å². The van der Waals surface area contributed by atoms with Crippen LogP contribution >= 0.6 is 0 Å². The number of fused-ring (bicyclic) bond motifs is 1. The van der Waals surface area contributed by atoms with Crippen molar-refractivity contribution in [2.45, 2.75) is 0 Å². The molecule has 16 heavy (non-hydrogen) atoms. The molecule has 0 aliphatic heterocycles. The van der Waals surface area contributed by atoms with Crippen LogP contribution in [0.1, 0.15) is 0 Å². The van der Waals surface area contributed by atoms with Gasteiger partial charge in [-0.2, -0.15) is 8.42 Å². The molecule has 6 heteroatoms. The van der Waals surface area contributed by atoms with E-state index in [1.807, 2.05) is 24.3 Å². The maximum atomic E-state index is 11.2. The van der Waals surface area contributed by atoms with E-state index in [-0.39, 0.29) is 5.43 Å². The largest absolute Gasteiger partial charge is 0.361 e. The standard InChI is InChI=1S/C9H7NO.CH4O3S/c11-9-5-6-10-8-4-2-1-3-7(8)9;1-5(2,3)4/h1-6H,(H,10,11);1H3,(H,2,3,4). The van der Waals surface area contributed by atoms with Crippen molar-refractivity contribution in [3.05, 3.63) is 46.8 Å². The number of para-hydroxylation sites is 1. The van der Waals surface area contributed by atoms with Crippen molar-refractivity contribution in [3.63, 3.8) is 0 Å². The van der Waals surface area contributed by atoms with E-state index in [1.165, 1.54) is 6.07 Å². The average Bonchev–Trinajstić information content (AvgIpc) is 2.16. The Balaban J connectivity index is 0.000000221. The lowest BCUT2D eigenvalue weighted by atomic mass is 10.2. The van der Waals surface area contributed by atoms with Gasteiger partial charge in [-0.05, 0) is 12.1 Å². The average molecular weight is 241 g/mol. The number of hydrogen-bond acceptors (Lipinski definition) is 3. The van der Waals surface area contributed by atoms with Gasteiger partial charge in [0.05, 0.1) is 6.26 Å². The van der Waals surface area contributed by atoms with Crippen LogP contribution in [0.5, 0.6) is 0 Å². The summed E-state index contributed by atoms with van der Waals surface area (Å²) in [6.07, 6.45) is 2.37. The maximum Gasteiger partial charge on any atom is 0.261 e. The van der Waals surface area contributed by atoms with Gasteiger partial charge in [0.1, 0.15) is 0 Å². The lowest BCUT2D eigenvalue weighted by Crippen LogP contribution is -1.98. The number of rotatable bonds is 0. The third kappa shape index (κ3) is 4.24. The molecule has 0 fully saturated rings. The first-order valence-corrected chi connectivity index (χ1v) is 6.21. The number of pyridine rings is 1. The zero-order valence-corrected chi connectivity index (χ0v) is 9.36. The van der Waals surface area contributed by atoms with Gasteiger partial charge in [-0.1, -0.05) is 12.1 Å². The molecule has 5 nitrogen and oxygen atoms in total. The predicted molar refractivity (Wildman–Crippen MR) is 62.0 cm³/mol. The molecule has 0 saturated heterocycles. The van der Waals surface area contributed by atoms with Gasteiger partial charge in [0, 0.05) is 23.2 Å². The highest BCUT2D eigenvalue weighted by Gasteiger charge is 1.92. The first-order chi connectivity index (χ1) is 7.38. The second-order valence-electron chi connectivity index (χ2n) is 3.12. The molecular formula is C10H11NO4S. The Kier molecular flexibility index (Phi) is 3.81. The molecule has 0 radical (unpaired) electrons. The first kappa shape index (κ1) is 12.4. The van der Waals surface area contributed by atoms with E-state index < -0.39 is 10.1 Å². The van der Waals surface area contributed by atoms with E-state index in [0.29, 0.717) is 6.26 Å². The van der Waals surface area contributed by atoms with Crippen molar-refractivity contribution in [3.8, 4) is 0 Å². The van der Waals surface area contributed by atoms with E-state index in [2.05, 4.69) is 4.98 Å². The van der Waals surface area contributed by atoms with Crippen LogP contribution in [0.3, 0.4) is 0 Å². The summed E-state index contributed by atoms with van der Waals surface area (Å²) in [5, 5.41) is 0.745. The van der Waals surface area contributed by atoms with Gasteiger partial charge in [-0.25, -0.2) is 0 Å². The molecule has 2 aromatic rings. The summed E-state index contributed by atoms with van der Waals surface area (Å²) in [4.78, 5) is 14.2. The van der Waals surface area contributed by atoms with Crippen LogP contribution in [0.4, 0.5) is 0 Å². The lowest BCUT2D eigenvalue weighted by Gasteiger charge is -1.92. The van der Waals surface area contributed by atoms with Crippen molar-refractivity contribution < 1.29 is 13.0 Å². The smallest absolute Gasteiger partial charge is 0.261 e. The highest BCUT2D eigenvalue weighted by Crippen LogP contribution is 2.03. The number of aromatic amines is 1. The second kappa shape index (κ2) is 4.91. The third-order valence-corrected chi connectivity index (χ3v) is 1.67. The summed E-state index contributed by atoms with van der Waals surface area (Å²) in [5.41, 5.74) is 0.958. The van der Waals surface area contributed by atoms with Crippen LogP contribution in [0.25, 0.3) is 10.9 Å². The highest BCUT2D eigenvalue weighted by atomic mass is 32.2. The fourth-order valence-corrected chi connectivity index (χ4v) is 1.12. The molecule has 0 bridgehead atoms. The molecule has 0 unspecified atom stereocenters. The Morgan fingerprint density at radius 3 is 2.31 bits per heavy atom. The molecule has 0 aliphatic rings. The van der Waals surface area contributed by atoms with E-state index in [0.717, 1.165) is 10.9 Å². The van der Waals surface area contributed by atoms with E-state index in [1.54, 1.807) is 6.20 Å². The lowest BCUT2D eigenvalue weighted by molar-refractivity contribution is 0.490. The minimum Gasteiger partial charge on any atom is -0.361 e. The molecule has 1 aromatic heterocycles. The van der Waals surface area contributed by atoms with Crippen molar-refractivity contribution >= 4 is 21.0 Å². The highest BCUT2D eigenvalue weighted by molar-refractivity contribution is 7.85. The van der Waals surface area contributed by atoms with Crippen LogP contribution in [0, 0.1) is 0 Å². The van der Waals surface area contributed by atoms with E-state index >= 15 is 0 Å². The molecule has 0 aliphatic carbocycles. The monoisotopic (exact) mass is 241 g/mol. The van der Waals surface area contributed by atoms with Crippen molar-refractivity contribution in [2.75, 3.05) is 6.26 Å². The van der Waals surface area contributed by atoms with Gasteiger partial charge >= 0.3 is 0 Å². The number of hydrogen-bond donors (Lipinski definition) is 2. The Hall–Kier alpha value is -1.66. The molecule has 0 atom stereocenters. The Bertz CT molecular complexity index is 617. The van der Waals surface area contributed by atoms with E-state index in [4.69, 9.17) is 4.55 Å². The minimum atomic E-state index is -3.67. The second-order valence-corrected chi connectivity index (χ2v) is 4.59. The summed E-state index contributed by atoms with van der Waals surface area (Å²) < 4.78 is 25.9. The molecule has 2 N–H and O–H groups in total. The predicted octanol–water partition coefficient (Wildman–Crippen LogP) is 1.03. The maximum absolute atomic E-state index is 11.2. The molecule has 86 valence electrons. The number of nitrogens with one attached hydrogen (secondary N) is 1. The SMILES string of the molecule is CS(=O)(=O)O.O=c1cc[nH]c2ccccc12. The van der Waals surface area contributed by atoms with Crippen LogP contribution in [-0.2, 0) is 10.1 Å². The van der Waals surface area contributed by atoms with Crippen LogP contribution in [0.15, 0.2) is 41.3 Å². The van der Waals surface area contributed by atoms with Crippen molar-refractivity contribution in [1.29, 1.82) is 0 Å². The molecular weight excluding hydrogens is 230 g/mol. The summed E-state index contributed by atoms with van der Waals surface area (Å²) >= 11 is 0. The van der Waals surface area contributed by atoms with Crippen LogP contribution < -0.4 is 5.43 Å². The summed E-state index contributed by atoms with van der Waals surface area (Å²) in [7, 11) is -3.67. The first-order valence-electron chi connectivity index (χ1n) is 4.37. The molecule has 1 aromatic carbocycles. The fraction of sp³-hybridized carbons (Fsp3) is 0.100. The molecule has 1 heterocycles. The Morgan fingerprint density at radius 2 is 1.75 bits per heavy atom. The van der Waals surface area contributed by atoms with Gasteiger partial charge in [0.25, 0.3) is 10.1 Å². The summed E-state index contributed by atoms with van der Waals surface area (Å²) in [6.45, 7) is 0. The molecule has 0 saturated carbocycles. The zero-order valence-electron chi connectivity index (χ0n) is 8.54. The van der Waals surface area contributed by atoms with E-state index in [9.17, 15) is 13.2 Å². The molecule has 0 spiro atoms. The summed E-state index contributed by atoms with van der Waals surface area (Å²) in [6, 6.07) is 8.99. The van der Waals surface area contributed by atoms with Gasteiger partial charge < -0.3 is 4.98 Å². The number of aromatic nitrogens is 1. The molecule has 0 amide bonds. The van der Waals surface area contributed by atoms with Gasteiger partial charge in [-0.3, -0.25) is 9.35 Å². The van der Waals surface area contributed by atoms with Gasteiger partial charge in [0.2, 0.25) is 0 Å². The number of benzene rings is 1. The number of H-pyrrole nitrogens is 1. The molecule has 2 rings (SSSR count). The topological polar surface area (TPSA) is 87.2 Å². The Morgan fingerprint density at radius 1 is 1.19 bits per heavy atom. The van der Waals surface area contributed by atoms with Crippen molar-refractivity contribution in [2.24, 2.45) is 0 Å². The third-order valence-electron chi connectivity index (χ3n) is 1.67. The quantitative estimate of drug-likeness (QED) is 0.674. The zero-order chi connectivity index (χ0) is 12.2. The normalized spacial score (nSPS) is 10.6. The minimum absolute atomic E-state index is 0.0688. The van der Waals surface area contributed by atoms with Crippen LogP contribution in [0.2, 0.25) is 0 Å².